The molecule has 4 aliphatic carbocycles. The number of rotatable bonds is 6. The first-order chi connectivity index (χ1) is 17.9. The Kier molecular flexibility index (Phi) is 13.7. The van der Waals surface area contributed by atoms with Crippen LogP contribution in [0.1, 0.15) is 128 Å². The SMILES string of the molecule is [Hf].[cH-]1[cH-][cH-][cH-][cH-]1.c1cc(P(C2CCCCC2)C2CCCCC2)[c-](P(C2CCCCC2)C2CCCCC2)c1. The van der Waals surface area contributed by atoms with Gasteiger partial charge in [-0.1, -0.05) is 85.0 Å². The van der Waals surface area contributed by atoms with Crippen LogP contribution in [0.4, 0.5) is 0 Å². The zero-order chi connectivity index (χ0) is 24.4. The molecule has 0 heterocycles. The maximum Gasteiger partial charge on any atom is 0 e. The molecule has 0 unspecified atom stereocenters. The van der Waals surface area contributed by atoms with Crippen LogP contribution in [0.2, 0.25) is 0 Å². The molecular weight excluding hydrogens is 649 g/mol. The fourth-order valence-electron chi connectivity index (χ4n) is 7.98. The second-order valence-corrected chi connectivity index (χ2v) is 17.8. The Morgan fingerprint density at radius 3 is 1.24 bits per heavy atom. The minimum atomic E-state index is 0. The molecular formula is C34H52HfP2-6. The predicted molar refractivity (Wildman–Crippen MR) is 165 cm³/mol. The minimum Gasteiger partial charge on any atom is -0.748 e. The van der Waals surface area contributed by atoms with Crippen molar-refractivity contribution in [2.45, 2.75) is 151 Å². The van der Waals surface area contributed by atoms with Crippen LogP contribution in [-0.2, 0) is 25.8 Å². The van der Waals surface area contributed by atoms with E-state index in [2.05, 4.69) is 18.2 Å². The van der Waals surface area contributed by atoms with Gasteiger partial charge in [-0.3, -0.25) is 0 Å². The first kappa shape index (κ1) is 30.4. The molecule has 4 fully saturated rings. The Morgan fingerprint density at radius 2 is 0.865 bits per heavy atom. The van der Waals surface area contributed by atoms with Crippen molar-refractivity contribution in [1.82, 2.24) is 0 Å². The summed E-state index contributed by atoms with van der Waals surface area (Å²) in [4.78, 5) is 0. The zero-order valence-corrected chi connectivity index (χ0v) is 28.8. The van der Waals surface area contributed by atoms with Crippen molar-refractivity contribution in [3.8, 4) is 0 Å². The molecule has 0 nitrogen and oxygen atoms in total. The minimum absolute atomic E-state index is 0. The summed E-state index contributed by atoms with van der Waals surface area (Å²) < 4.78 is 0. The van der Waals surface area contributed by atoms with Gasteiger partial charge in [-0.2, -0.15) is 6.07 Å². The van der Waals surface area contributed by atoms with E-state index in [1.807, 2.05) is 40.9 Å². The van der Waals surface area contributed by atoms with E-state index in [1.54, 1.807) is 51.4 Å². The van der Waals surface area contributed by atoms with Crippen molar-refractivity contribution in [3.63, 3.8) is 0 Å². The third-order valence-corrected chi connectivity index (χ3v) is 17.0. The molecule has 37 heavy (non-hydrogen) atoms. The van der Waals surface area contributed by atoms with Crippen LogP contribution in [0.25, 0.3) is 0 Å². The van der Waals surface area contributed by atoms with E-state index in [-0.39, 0.29) is 41.7 Å². The van der Waals surface area contributed by atoms with E-state index in [0.717, 1.165) is 22.6 Å². The molecule has 6 rings (SSSR count). The van der Waals surface area contributed by atoms with Gasteiger partial charge in [0.15, 0.2) is 0 Å². The molecule has 4 aliphatic rings. The van der Waals surface area contributed by atoms with E-state index < -0.39 is 0 Å². The molecule has 2 aromatic rings. The second kappa shape index (κ2) is 16.6. The van der Waals surface area contributed by atoms with Gasteiger partial charge in [0.1, 0.15) is 0 Å². The van der Waals surface area contributed by atoms with Crippen molar-refractivity contribution < 1.29 is 25.8 Å². The van der Waals surface area contributed by atoms with Crippen LogP contribution in [0, 0.1) is 0 Å². The summed E-state index contributed by atoms with van der Waals surface area (Å²) in [6, 6.07) is 17.9. The van der Waals surface area contributed by atoms with Gasteiger partial charge in [0.05, 0.1) is 0 Å². The van der Waals surface area contributed by atoms with Crippen molar-refractivity contribution >= 4 is 26.5 Å². The van der Waals surface area contributed by atoms with Crippen LogP contribution in [0.15, 0.2) is 48.5 Å². The van der Waals surface area contributed by atoms with Gasteiger partial charge in [-0.15, -0.1) is 18.5 Å². The topological polar surface area (TPSA) is 0 Å². The summed E-state index contributed by atoms with van der Waals surface area (Å²) >= 11 is 0. The predicted octanol–water partition coefficient (Wildman–Crippen LogP) is 10.4. The van der Waals surface area contributed by atoms with Crippen LogP contribution < -0.4 is 10.6 Å². The maximum atomic E-state index is 2.69. The summed E-state index contributed by atoms with van der Waals surface area (Å²) in [5.41, 5.74) is 4.23. The quantitative estimate of drug-likeness (QED) is 0.160. The van der Waals surface area contributed by atoms with Crippen LogP contribution in [0.3, 0.4) is 0 Å². The van der Waals surface area contributed by atoms with Crippen molar-refractivity contribution in [2.24, 2.45) is 0 Å². The second-order valence-electron chi connectivity index (χ2n) is 12.2. The molecule has 0 spiro atoms. The van der Waals surface area contributed by atoms with E-state index >= 15 is 0 Å². The number of hydrogen-bond acceptors (Lipinski definition) is 0. The summed E-state index contributed by atoms with van der Waals surface area (Å²) in [5, 5.41) is 3.94. The molecule has 208 valence electrons. The molecule has 3 heteroatoms. The fourth-order valence-corrected chi connectivity index (χ4v) is 16.3. The molecule has 0 saturated heterocycles. The Morgan fingerprint density at radius 1 is 0.514 bits per heavy atom. The molecule has 0 N–H and O–H groups in total. The van der Waals surface area contributed by atoms with E-state index in [1.165, 1.54) is 77.0 Å². The first-order valence-corrected chi connectivity index (χ1v) is 18.9. The van der Waals surface area contributed by atoms with Crippen molar-refractivity contribution in [1.29, 1.82) is 0 Å². The van der Waals surface area contributed by atoms with Crippen LogP contribution >= 0.6 is 15.8 Å². The summed E-state index contributed by atoms with van der Waals surface area (Å²) in [5.74, 6) is 0. The Bertz CT molecular complexity index is 710. The van der Waals surface area contributed by atoms with Gasteiger partial charge in [-0.05, 0) is 74.0 Å². The van der Waals surface area contributed by atoms with Crippen molar-refractivity contribution in [3.05, 3.63) is 48.5 Å². The summed E-state index contributed by atoms with van der Waals surface area (Å²) in [6.45, 7) is 0. The van der Waals surface area contributed by atoms with Gasteiger partial charge < -0.3 is 30.3 Å². The Hall–Kier alpha value is 0.430. The maximum absolute atomic E-state index is 2.69. The van der Waals surface area contributed by atoms with Gasteiger partial charge in [0.25, 0.3) is 0 Å². The largest absolute Gasteiger partial charge is 0.748 e. The van der Waals surface area contributed by atoms with Crippen LogP contribution in [0.5, 0.6) is 0 Å². The third-order valence-electron chi connectivity index (χ3n) is 9.75. The van der Waals surface area contributed by atoms with E-state index in [4.69, 9.17) is 0 Å². The zero-order valence-electron chi connectivity index (χ0n) is 23.5. The standard InChI is InChI=1S/C29H47P2.C5H5.Hf/c1-5-14-24(15-6-1)30(25-16-7-2-8-17-25)28-22-13-23-29(28)31(26-18-9-3-10-19-26)27-20-11-4-12-21-27;1-2-4-5-3-1;/h13,22-27H,1-12,14-21H2;1-5H;/q-1;-5;. The molecule has 0 aromatic heterocycles. The summed E-state index contributed by atoms with van der Waals surface area (Å²) in [6.07, 6.45) is 30.6. The molecule has 0 amide bonds. The molecule has 0 bridgehead atoms. The van der Waals surface area contributed by atoms with Gasteiger partial charge in [0, 0.05) is 25.8 Å². The Labute approximate surface area is 250 Å². The molecule has 2 aromatic carbocycles. The normalized spacial score (nSPS) is 23.0. The fraction of sp³-hybridized carbons (Fsp3) is 0.706. The average Bonchev–Trinajstić information content (AvgIpc) is 3.68. The van der Waals surface area contributed by atoms with Gasteiger partial charge >= 0.3 is 0 Å². The molecule has 0 aliphatic heterocycles. The molecule has 0 radical (unpaired) electrons. The summed E-state index contributed by atoms with van der Waals surface area (Å²) in [7, 11) is 0.132. The van der Waals surface area contributed by atoms with Crippen molar-refractivity contribution in [2.75, 3.05) is 0 Å². The van der Waals surface area contributed by atoms with E-state index in [9.17, 15) is 0 Å². The third kappa shape index (κ3) is 8.46. The monoisotopic (exact) mass is 702 g/mol. The molecule has 4 saturated carbocycles. The van der Waals surface area contributed by atoms with Crippen LogP contribution in [-0.4, -0.2) is 22.6 Å². The Balaban J connectivity index is 0.000000479. The number of hydrogen-bond donors (Lipinski definition) is 0. The molecule has 0 atom stereocenters. The van der Waals surface area contributed by atoms with Gasteiger partial charge in [-0.25, -0.2) is 12.1 Å². The van der Waals surface area contributed by atoms with E-state index in [0.29, 0.717) is 0 Å². The van der Waals surface area contributed by atoms with Gasteiger partial charge in [0.2, 0.25) is 0 Å². The average molecular weight is 701 g/mol. The first-order valence-electron chi connectivity index (χ1n) is 15.9. The smallest absolute Gasteiger partial charge is 0 e.